The molecule has 0 saturated heterocycles. The molecule has 182 valence electrons. The van der Waals surface area contributed by atoms with E-state index in [1.165, 1.54) is 0 Å². The Hall–Kier alpha value is -3.68. The van der Waals surface area contributed by atoms with Gasteiger partial charge in [-0.05, 0) is 50.6 Å². The van der Waals surface area contributed by atoms with Crippen molar-refractivity contribution in [2.24, 2.45) is 7.05 Å². The summed E-state index contributed by atoms with van der Waals surface area (Å²) in [4.78, 5) is 18.4. The number of para-hydroxylation sites is 1. The van der Waals surface area contributed by atoms with Crippen molar-refractivity contribution in [2.75, 3.05) is 5.32 Å². The predicted octanol–water partition coefficient (Wildman–Crippen LogP) is 6.36. The number of nitrogens with zero attached hydrogens (tertiary/aromatic N) is 5. The lowest BCUT2D eigenvalue weighted by molar-refractivity contribution is 0.102. The number of anilines is 1. The molecule has 3 aromatic heterocycles. The predicted molar refractivity (Wildman–Crippen MR) is 144 cm³/mol. The Labute approximate surface area is 218 Å². The number of hydrogen-bond donors (Lipinski definition) is 1. The van der Waals surface area contributed by atoms with Crippen molar-refractivity contribution in [3.63, 3.8) is 0 Å². The zero-order valence-corrected chi connectivity index (χ0v) is 21.8. The molecule has 0 atom stereocenters. The summed E-state index contributed by atoms with van der Waals surface area (Å²) < 4.78 is 3.57. The molecule has 0 unspecified atom stereocenters. The zero-order valence-electron chi connectivity index (χ0n) is 20.3. The van der Waals surface area contributed by atoms with Crippen LogP contribution in [0.3, 0.4) is 0 Å². The lowest BCUT2D eigenvalue weighted by atomic mass is 10.0. The molecule has 2 aromatic carbocycles. The Morgan fingerprint density at radius 3 is 2.50 bits per heavy atom. The third-order valence-electron chi connectivity index (χ3n) is 6.21. The van der Waals surface area contributed by atoms with Crippen molar-refractivity contribution in [1.29, 1.82) is 0 Å². The van der Waals surface area contributed by atoms with E-state index in [1.807, 2.05) is 75.1 Å². The van der Waals surface area contributed by atoms with Crippen molar-refractivity contribution in [1.82, 2.24) is 24.5 Å². The molecule has 36 heavy (non-hydrogen) atoms. The molecule has 0 aliphatic carbocycles. The van der Waals surface area contributed by atoms with E-state index in [4.69, 9.17) is 28.2 Å². The van der Waals surface area contributed by atoms with Gasteiger partial charge in [0.05, 0.1) is 46.1 Å². The van der Waals surface area contributed by atoms with Crippen LogP contribution < -0.4 is 5.32 Å². The fourth-order valence-electron chi connectivity index (χ4n) is 4.38. The van der Waals surface area contributed by atoms with Gasteiger partial charge in [0.25, 0.3) is 5.91 Å². The number of fused-ring (bicyclic) bond motifs is 1. The van der Waals surface area contributed by atoms with Crippen molar-refractivity contribution in [3.8, 4) is 11.3 Å². The minimum Gasteiger partial charge on any atom is -0.319 e. The summed E-state index contributed by atoms with van der Waals surface area (Å²) in [5.74, 6) is -0.230. The molecule has 3 heterocycles. The molecule has 0 fully saturated rings. The van der Waals surface area contributed by atoms with Crippen LogP contribution in [0.15, 0.2) is 54.7 Å². The number of amides is 1. The molecule has 0 saturated carbocycles. The smallest absolute Gasteiger partial charge is 0.256 e. The molecule has 7 nitrogen and oxygen atoms in total. The monoisotopic (exact) mass is 518 g/mol. The van der Waals surface area contributed by atoms with Crippen LogP contribution in [0.25, 0.3) is 22.2 Å². The molecule has 1 amide bonds. The first-order valence-electron chi connectivity index (χ1n) is 11.4. The summed E-state index contributed by atoms with van der Waals surface area (Å²) in [6.07, 6.45) is 1.91. The molecule has 0 radical (unpaired) electrons. The second-order valence-corrected chi connectivity index (χ2v) is 9.61. The van der Waals surface area contributed by atoms with Gasteiger partial charge in [0.15, 0.2) is 0 Å². The van der Waals surface area contributed by atoms with E-state index in [0.717, 1.165) is 33.4 Å². The highest BCUT2D eigenvalue weighted by Crippen LogP contribution is 2.29. The highest BCUT2D eigenvalue weighted by molar-refractivity contribution is 6.35. The first-order valence-corrected chi connectivity index (χ1v) is 12.2. The second-order valence-electron chi connectivity index (χ2n) is 8.77. The Morgan fingerprint density at radius 1 is 1.00 bits per heavy atom. The van der Waals surface area contributed by atoms with E-state index in [9.17, 15) is 4.79 Å². The van der Waals surface area contributed by atoms with E-state index in [2.05, 4.69) is 15.5 Å². The number of rotatable bonds is 5. The summed E-state index contributed by atoms with van der Waals surface area (Å²) in [5, 5.41) is 14.1. The van der Waals surface area contributed by atoms with Gasteiger partial charge in [-0.3, -0.25) is 14.2 Å². The van der Waals surface area contributed by atoms with Crippen LogP contribution >= 0.6 is 23.2 Å². The number of carbonyl (C=O) groups is 1. The number of pyridine rings is 1. The number of carbonyl (C=O) groups excluding carboxylic acids is 1. The minimum atomic E-state index is -0.230. The molecule has 0 aliphatic heterocycles. The van der Waals surface area contributed by atoms with Gasteiger partial charge >= 0.3 is 0 Å². The normalized spacial score (nSPS) is 11.3. The zero-order chi connectivity index (χ0) is 25.6. The van der Waals surface area contributed by atoms with Gasteiger partial charge in [0, 0.05) is 34.2 Å². The SMILES string of the molecule is Cc1nn(C)cc1-c1cc(C(=O)Nc2c(C)nn(Cc3ccc(Cl)cc3Cl)c2C)c2ccccc2n1. The van der Waals surface area contributed by atoms with Crippen LogP contribution in [0.1, 0.15) is 33.0 Å². The van der Waals surface area contributed by atoms with Crippen molar-refractivity contribution in [2.45, 2.75) is 27.3 Å². The average Bonchev–Trinajstić information content (AvgIpc) is 3.32. The van der Waals surface area contributed by atoms with Crippen LogP contribution in [-0.2, 0) is 13.6 Å². The first-order chi connectivity index (χ1) is 17.2. The molecule has 0 bridgehead atoms. The van der Waals surface area contributed by atoms with Gasteiger partial charge in [-0.1, -0.05) is 47.5 Å². The average molecular weight is 519 g/mol. The van der Waals surface area contributed by atoms with Gasteiger partial charge in [-0.15, -0.1) is 0 Å². The quantitative estimate of drug-likeness (QED) is 0.293. The number of aromatic nitrogens is 5. The Bertz CT molecular complexity index is 1640. The minimum absolute atomic E-state index is 0.230. The molecule has 5 rings (SSSR count). The molecular formula is C27H24Cl2N6O. The van der Waals surface area contributed by atoms with E-state index in [0.29, 0.717) is 39.2 Å². The lowest BCUT2D eigenvalue weighted by Crippen LogP contribution is -2.14. The van der Waals surface area contributed by atoms with Crippen LogP contribution in [0.5, 0.6) is 0 Å². The topological polar surface area (TPSA) is 77.6 Å². The number of nitrogens with one attached hydrogen (secondary N) is 1. The van der Waals surface area contributed by atoms with Crippen LogP contribution in [0.4, 0.5) is 5.69 Å². The molecule has 0 aliphatic rings. The molecule has 0 spiro atoms. The van der Waals surface area contributed by atoms with Gasteiger partial charge in [0.1, 0.15) is 0 Å². The van der Waals surface area contributed by atoms with Crippen molar-refractivity contribution < 1.29 is 4.79 Å². The standard InChI is InChI=1S/C27H24Cl2N6O/c1-15-22(14-34(4)32-15)25-12-21(20-7-5-6-8-24(20)30-25)27(36)31-26-16(2)33-35(17(26)3)13-18-9-10-19(28)11-23(18)29/h5-12,14H,13H2,1-4H3,(H,31,36). The summed E-state index contributed by atoms with van der Waals surface area (Å²) in [6, 6.07) is 14.8. The van der Waals surface area contributed by atoms with E-state index >= 15 is 0 Å². The van der Waals surface area contributed by atoms with Crippen molar-refractivity contribution in [3.05, 3.63) is 93.0 Å². The van der Waals surface area contributed by atoms with Crippen LogP contribution in [0.2, 0.25) is 10.0 Å². The molecular weight excluding hydrogens is 495 g/mol. The molecule has 1 N–H and O–H groups in total. The summed E-state index contributed by atoms with van der Waals surface area (Å²) in [7, 11) is 1.87. The number of benzene rings is 2. The van der Waals surface area contributed by atoms with Gasteiger partial charge in [-0.25, -0.2) is 4.98 Å². The second kappa shape index (κ2) is 9.41. The maximum atomic E-state index is 13.6. The summed E-state index contributed by atoms with van der Waals surface area (Å²) in [6.45, 7) is 6.19. The van der Waals surface area contributed by atoms with Gasteiger partial charge < -0.3 is 5.32 Å². The lowest BCUT2D eigenvalue weighted by Gasteiger charge is -2.11. The fourth-order valence-corrected chi connectivity index (χ4v) is 4.84. The molecule has 5 aromatic rings. The van der Waals surface area contributed by atoms with E-state index in [1.54, 1.807) is 16.8 Å². The van der Waals surface area contributed by atoms with E-state index < -0.39 is 0 Å². The Morgan fingerprint density at radius 2 is 1.78 bits per heavy atom. The Balaban J connectivity index is 1.51. The fraction of sp³-hybridized carbons (Fsp3) is 0.185. The van der Waals surface area contributed by atoms with E-state index in [-0.39, 0.29) is 5.91 Å². The third kappa shape index (κ3) is 4.47. The molecule has 9 heteroatoms. The highest BCUT2D eigenvalue weighted by atomic mass is 35.5. The van der Waals surface area contributed by atoms with Gasteiger partial charge in [-0.2, -0.15) is 10.2 Å². The Kier molecular flexibility index (Phi) is 6.28. The first kappa shape index (κ1) is 24.0. The maximum Gasteiger partial charge on any atom is 0.256 e. The summed E-state index contributed by atoms with van der Waals surface area (Å²) >= 11 is 12.4. The highest BCUT2D eigenvalue weighted by Gasteiger charge is 2.20. The number of aryl methyl sites for hydroxylation is 3. The number of hydrogen-bond acceptors (Lipinski definition) is 4. The summed E-state index contributed by atoms with van der Waals surface area (Å²) in [5.41, 5.74) is 6.81. The van der Waals surface area contributed by atoms with Crippen LogP contribution in [-0.4, -0.2) is 30.5 Å². The number of halogens is 2. The maximum absolute atomic E-state index is 13.6. The van der Waals surface area contributed by atoms with Crippen LogP contribution in [0, 0.1) is 20.8 Å². The van der Waals surface area contributed by atoms with Crippen molar-refractivity contribution >= 4 is 45.7 Å². The largest absolute Gasteiger partial charge is 0.319 e. The third-order valence-corrected chi connectivity index (χ3v) is 6.79. The van der Waals surface area contributed by atoms with Gasteiger partial charge in [0.2, 0.25) is 0 Å².